The molecule has 0 aliphatic carbocycles. The minimum atomic E-state index is -4.41. The van der Waals surface area contributed by atoms with E-state index in [0.717, 1.165) is 0 Å². The van der Waals surface area contributed by atoms with Crippen molar-refractivity contribution in [3.05, 3.63) is 0 Å². The molecule has 0 fully saturated rings. The quantitative estimate of drug-likeness (QED) is 0.635. The van der Waals surface area contributed by atoms with Crippen molar-refractivity contribution in [3.8, 4) is 0 Å². The van der Waals surface area contributed by atoms with Gasteiger partial charge in [-0.3, -0.25) is 0 Å². The van der Waals surface area contributed by atoms with Crippen LogP contribution in [0.2, 0.25) is 0 Å². The Morgan fingerprint density at radius 1 is 1.50 bits per heavy atom. The lowest BCUT2D eigenvalue weighted by Crippen LogP contribution is -2.01. The summed E-state index contributed by atoms with van der Waals surface area (Å²) in [4.78, 5) is 0. The molecular weight excluding hydrogens is 203 g/mol. The van der Waals surface area contributed by atoms with E-state index in [-0.39, 0.29) is 12.2 Å². The van der Waals surface area contributed by atoms with Crippen LogP contribution in [0.5, 0.6) is 0 Å². The highest BCUT2D eigenvalue weighted by molar-refractivity contribution is 8.08. The van der Waals surface area contributed by atoms with Crippen LogP contribution in [0.25, 0.3) is 0 Å². The average Bonchev–Trinajstić information content (AvgIpc) is 1.59. The van der Waals surface area contributed by atoms with E-state index in [1.165, 1.54) is 0 Å². The summed E-state index contributed by atoms with van der Waals surface area (Å²) in [5.41, 5.74) is 0. The lowest BCUT2D eigenvalue weighted by Gasteiger charge is -1.90. The van der Waals surface area contributed by atoms with Crippen LogP contribution in [-0.2, 0) is 20.2 Å². The lowest BCUT2D eigenvalue weighted by atomic mass is 10.6. The fourth-order valence-corrected chi connectivity index (χ4v) is 1.72. The van der Waals surface area contributed by atoms with E-state index in [1.54, 1.807) is 0 Å². The zero-order valence-electron chi connectivity index (χ0n) is 4.92. The highest BCUT2D eigenvalue weighted by Gasteiger charge is 2.06. The van der Waals surface area contributed by atoms with Crippen LogP contribution in [-0.4, -0.2) is 24.1 Å². The van der Waals surface area contributed by atoms with Gasteiger partial charge in [0.1, 0.15) is 10.0 Å². The molecule has 0 saturated heterocycles. The van der Waals surface area contributed by atoms with Gasteiger partial charge in [-0.05, 0) is 17.1 Å². The number of rotatable bonds is 4. The molecule has 0 spiro atoms. The van der Waals surface area contributed by atoms with Crippen LogP contribution in [0, 0.1) is 0 Å². The zero-order valence-corrected chi connectivity index (χ0v) is 7.31. The van der Waals surface area contributed by atoms with E-state index < -0.39 is 26.0 Å². The van der Waals surface area contributed by atoms with Gasteiger partial charge < -0.3 is 0 Å². The van der Waals surface area contributed by atoms with Crippen molar-refractivity contribution in [3.63, 3.8) is 0 Å². The molecular formula is C3H6ClFO3S2. The first-order chi connectivity index (χ1) is 4.42. The number of halogens is 2. The van der Waals surface area contributed by atoms with Gasteiger partial charge in [-0.25, -0.2) is 4.21 Å². The van der Waals surface area contributed by atoms with Crippen LogP contribution < -0.4 is 0 Å². The molecule has 0 rings (SSSR count). The molecule has 0 bridgehead atoms. The van der Waals surface area contributed by atoms with Gasteiger partial charge in [0.2, 0.25) is 0 Å². The topological polar surface area (TPSA) is 51.2 Å². The Balaban J connectivity index is 3.49. The normalized spacial score (nSPS) is 15.0. The smallest absolute Gasteiger partial charge is 0.243 e. The summed E-state index contributed by atoms with van der Waals surface area (Å²) in [6.45, 7) is 0. The monoisotopic (exact) mass is 208 g/mol. The first-order valence-corrected chi connectivity index (χ1v) is 6.08. The summed E-state index contributed by atoms with van der Waals surface area (Å²) in [5, 5.41) is 0. The molecule has 0 heterocycles. The van der Waals surface area contributed by atoms with E-state index in [0.29, 0.717) is 0 Å². The predicted octanol–water partition coefficient (Wildman–Crippen LogP) is 0.578. The van der Waals surface area contributed by atoms with E-state index in [9.17, 15) is 16.5 Å². The zero-order chi connectivity index (χ0) is 8.20. The van der Waals surface area contributed by atoms with Crippen LogP contribution in [0.1, 0.15) is 6.42 Å². The molecule has 7 heteroatoms. The third-order valence-electron chi connectivity index (χ3n) is 0.693. The summed E-state index contributed by atoms with van der Waals surface area (Å²) < 4.78 is 41.4. The molecule has 0 radical (unpaired) electrons. The van der Waals surface area contributed by atoms with Gasteiger partial charge in [0.05, 0.1) is 5.75 Å². The van der Waals surface area contributed by atoms with Gasteiger partial charge >= 0.3 is 10.2 Å². The molecule has 1 unspecified atom stereocenters. The SMILES string of the molecule is O=S(Cl)CCCS(=O)(=O)F. The molecule has 0 aromatic carbocycles. The van der Waals surface area contributed by atoms with Crippen LogP contribution in [0.3, 0.4) is 0 Å². The molecule has 0 aliphatic rings. The largest absolute Gasteiger partial charge is 0.302 e. The second-order valence-electron chi connectivity index (χ2n) is 1.59. The molecule has 10 heavy (non-hydrogen) atoms. The molecule has 0 aromatic heterocycles. The minimum absolute atomic E-state index is 0.00467. The van der Waals surface area contributed by atoms with E-state index in [1.807, 2.05) is 0 Å². The Morgan fingerprint density at radius 3 is 2.30 bits per heavy atom. The fraction of sp³-hybridized carbons (Fsp3) is 1.00. The van der Waals surface area contributed by atoms with Crippen LogP contribution in [0.15, 0.2) is 0 Å². The molecule has 62 valence electrons. The summed E-state index contributed by atoms with van der Waals surface area (Å²) in [7, 11) is -1.01. The first kappa shape index (κ1) is 10.3. The second-order valence-corrected chi connectivity index (χ2v) is 5.10. The van der Waals surface area contributed by atoms with Crippen molar-refractivity contribution >= 4 is 30.9 Å². The van der Waals surface area contributed by atoms with Gasteiger partial charge in [-0.15, -0.1) is 3.89 Å². The molecule has 0 aliphatic heterocycles. The lowest BCUT2D eigenvalue weighted by molar-refractivity contribution is 0.551. The van der Waals surface area contributed by atoms with Gasteiger partial charge in [0, 0.05) is 5.75 Å². The Kier molecular flexibility index (Phi) is 4.39. The third kappa shape index (κ3) is 8.32. The van der Waals surface area contributed by atoms with Crippen molar-refractivity contribution in [2.24, 2.45) is 0 Å². The van der Waals surface area contributed by atoms with Crippen molar-refractivity contribution in [2.75, 3.05) is 11.5 Å². The van der Waals surface area contributed by atoms with Gasteiger partial charge in [-0.2, -0.15) is 8.42 Å². The van der Waals surface area contributed by atoms with Crippen LogP contribution >= 0.6 is 10.7 Å². The van der Waals surface area contributed by atoms with Crippen molar-refractivity contribution < 1.29 is 16.5 Å². The highest BCUT2D eigenvalue weighted by atomic mass is 35.7. The maximum atomic E-state index is 11.7. The van der Waals surface area contributed by atoms with Crippen LogP contribution in [0.4, 0.5) is 3.89 Å². The minimum Gasteiger partial charge on any atom is -0.243 e. The second kappa shape index (κ2) is 4.25. The molecule has 0 aromatic rings. The standard InChI is InChI=1S/C3H6ClFO3S2/c4-9(6)2-1-3-10(5,7)8/h1-3H2. The Bertz CT molecular complexity index is 212. The predicted molar refractivity (Wildman–Crippen MR) is 38.4 cm³/mol. The Morgan fingerprint density at radius 2 is 2.00 bits per heavy atom. The molecule has 0 saturated carbocycles. The number of hydrogen-bond acceptors (Lipinski definition) is 3. The Labute approximate surface area is 65.7 Å². The van der Waals surface area contributed by atoms with Crippen molar-refractivity contribution in [2.45, 2.75) is 6.42 Å². The summed E-state index contributed by atoms with van der Waals surface area (Å²) >= 11 is 0. The van der Waals surface area contributed by atoms with E-state index >= 15 is 0 Å². The van der Waals surface area contributed by atoms with Crippen molar-refractivity contribution in [1.82, 2.24) is 0 Å². The molecule has 1 atom stereocenters. The summed E-state index contributed by atoms with van der Waals surface area (Å²) in [5.74, 6) is -0.601. The van der Waals surface area contributed by atoms with Gasteiger partial charge in [0.25, 0.3) is 0 Å². The summed E-state index contributed by atoms with van der Waals surface area (Å²) in [6.07, 6.45) is -0.00502. The maximum absolute atomic E-state index is 11.7. The number of hydrogen-bond donors (Lipinski definition) is 0. The molecule has 3 nitrogen and oxygen atoms in total. The van der Waals surface area contributed by atoms with Gasteiger partial charge in [0.15, 0.2) is 0 Å². The highest BCUT2D eigenvalue weighted by Crippen LogP contribution is 1.97. The fourth-order valence-electron chi connectivity index (χ4n) is 0.345. The van der Waals surface area contributed by atoms with E-state index in [4.69, 9.17) is 10.7 Å². The Hall–Kier alpha value is 0.320. The molecule has 0 amide bonds. The van der Waals surface area contributed by atoms with E-state index in [2.05, 4.69) is 0 Å². The average molecular weight is 209 g/mol. The van der Waals surface area contributed by atoms with Crippen molar-refractivity contribution in [1.29, 1.82) is 0 Å². The van der Waals surface area contributed by atoms with Gasteiger partial charge in [-0.1, -0.05) is 0 Å². The third-order valence-corrected chi connectivity index (χ3v) is 2.54. The summed E-state index contributed by atoms with van der Waals surface area (Å²) in [6, 6.07) is 0. The molecule has 0 N–H and O–H groups in total. The first-order valence-electron chi connectivity index (χ1n) is 2.39. The maximum Gasteiger partial charge on any atom is 0.302 e.